The number of hydrogen-bond donors (Lipinski definition) is 3. The van der Waals surface area contributed by atoms with Crippen LogP contribution in [0, 0.1) is 5.92 Å². The topological polar surface area (TPSA) is 128 Å². The van der Waals surface area contributed by atoms with E-state index in [0.29, 0.717) is 0 Å². The highest BCUT2D eigenvalue weighted by atomic mass is 32.2. The predicted molar refractivity (Wildman–Crippen MR) is 158 cm³/mol. The van der Waals surface area contributed by atoms with Gasteiger partial charge in [-0.25, -0.2) is 13.2 Å². The molecule has 0 bridgehead atoms. The number of fused-ring (bicyclic) bond motifs is 1. The zero-order valence-electron chi connectivity index (χ0n) is 24.2. The molecule has 4 rings (SSSR count). The van der Waals surface area contributed by atoms with Gasteiger partial charge in [0.1, 0.15) is 11.9 Å². The molecule has 0 aromatic heterocycles. The number of amides is 3. The van der Waals surface area contributed by atoms with Crippen molar-refractivity contribution in [2.75, 3.05) is 37.4 Å². The van der Waals surface area contributed by atoms with Crippen molar-refractivity contribution in [3.63, 3.8) is 0 Å². The van der Waals surface area contributed by atoms with E-state index >= 15 is 0 Å². The lowest BCUT2D eigenvalue weighted by Crippen LogP contribution is -2.50. The first kappa shape index (κ1) is 32.8. The molecule has 44 heavy (non-hydrogen) atoms. The van der Waals surface area contributed by atoms with Gasteiger partial charge in [0.15, 0.2) is 0 Å². The van der Waals surface area contributed by atoms with E-state index in [4.69, 9.17) is 4.74 Å². The maximum absolute atomic E-state index is 13.7. The third-order valence-electron chi connectivity index (χ3n) is 7.28. The first-order chi connectivity index (χ1) is 20.7. The fourth-order valence-electron chi connectivity index (χ4n) is 4.68. The Labute approximate surface area is 253 Å². The maximum Gasteiger partial charge on any atom is 0.416 e. The molecule has 0 unspecified atom stereocenters. The first-order valence-electron chi connectivity index (χ1n) is 13.7. The molecule has 236 valence electrons. The van der Waals surface area contributed by atoms with Crippen molar-refractivity contribution in [1.82, 2.24) is 9.21 Å². The van der Waals surface area contributed by atoms with Crippen molar-refractivity contribution in [3.05, 3.63) is 83.9 Å². The Morgan fingerprint density at radius 1 is 1.07 bits per heavy atom. The van der Waals surface area contributed by atoms with Crippen molar-refractivity contribution < 1.29 is 41.0 Å². The number of nitrogens with one attached hydrogen (secondary N) is 2. The van der Waals surface area contributed by atoms with E-state index in [9.17, 15) is 36.3 Å². The maximum atomic E-state index is 13.7. The number of halogens is 3. The number of aliphatic hydroxyl groups is 1. The van der Waals surface area contributed by atoms with Gasteiger partial charge >= 0.3 is 12.2 Å². The molecular weight excluding hydrogens is 601 g/mol. The van der Waals surface area contributed by atoms with Crippen LogP contribution in [-0.2, 0) is 16.2 Å². The van der Waals surface area contributed by atoms with Crippen molar-refractivity contribution in [3.8, 4) is 5.75 Å². The number of benzene rings is 3. The number of alkyl halides is 3. The molecular formula is C30H33F3N4O6S. The highest BCUT2D eigenvalue weighted by Gasteiger charge is 2.35. The number of carbonyl (C=O) groups is 2. The van der Waals surface area contributed by atoms with Gasteiger partial charge in [-0.15, -0.1) is 0 Å². The third-order valence-corrected chi connectivity index (χ3v) is 9.12. The summed E-state index contributed by atoms with van der Waals surface area (Å²) in [6, 6.07) is 14.9. The van der Waals surface area contributed by atoms with E-state index in [1.165, 1.54) is 46.6 Å². The number of hydrogen-bond acceptors (Lipinski definition) is 6. The molecule has 1 aliphatic rings. The summed E-state index contributed by atoms with van der Waals surface area (Å²) in [5, 5.41) is 14.9. The lowest BCUT2D eigenvalue weighted by molar-refractivity contribution is -0.137. The van der Waals surface area contributed by atoms with E-state index < -0.39 is 45.8 Å². The number of aliphatic hydroxyl groups excluding tert-OH is 1. The summed E-state index contributed by atoms with van der Waals surface area (Å²) in [5.41, 5.74) is -0.476. The molecule has 0 aliphatic carbocycles. The molecule has 3 N–H and O–H groups in total. The molecule has 3 amide bonds. The van der Waals surface area contributed by atoms with Crippen molar-refractivity contribution in [2.24, 2.45) is 5.92 Å². The zero-order chi connectivity index (χ0) is 32.2. The SMILES string of the molecule is C[C@@H]1CN([C@@H](C)CO)C(=O)c2cc(NC(=O)Nc3ccc(C(F)(F)F)cc3)ccc2O[C@H]1CN(C)S(=O)(=O)c1ccccc1. The second-order valence-electron chi connectivity index (χ2n) is 10.6. The lowest BCUT2D eigenvalue weighted by atomic mass is 9.99. The Balaban J connectivity index is 1.58. The van der Waals surface area contributed by atoms with Crippen LogP contribution in [0.5, 0.6) is 5.75 Å². The van der Waals surface area contributed by atoms with Gasteiger partial charge in [0.05, 0.1) is 35.2 Å². The van der Waals surface area contributed by atoms with Gasteiger partial charge in [-0.2, -0.15) is 17.5 Å². The largest absolute Gasteiger partial charge is 0.488 e. The van der Waals surface area contributed by atoms with Crippen LogP contribution in [0.25, 0.3) is 0 Å². The minimum atomic E-state index is -4.51. The van der Waals surface area contributed by atoms with Crippen LogP contribution in [0.2, 0.25) is 0 Å². The number of likely N-dealkylation sites (N-methyl/N-ethyl adjacent to an activating group) is 1. The second kappa shape index (κ2) is 13.2. The quantitative estimate of drug-likeness (QED) is 0.324. The van der Waals surface area contributed by atoms with Crippen LogP contribution in [0.4, 0.5) is 29.3 Å². The van der Waals surface area contributed by atoms with Gasteiger partial charge in [-0.05, 0) is 61.5 Å². The van der Waals surface area contributed by atoms with Gasteiger partial charge < -0.3 is 25.4 Å². The summed E-state index contributed by atoms with van der Waals surface area (Å²) >= 11 is 0. The van der Waals surface area contributed by atoms with E-state index in [0.717, 1.165) is 24.3 Å². The Morgan fingerprint density at radius 3 is 2.30 bits per heavy atom. The van der Waals surface area contributed by atoms with E-state index in [-0.39, 0.29) is 53.2 Å². The summed E-state index contributed by atoms with van der Waals surface area (Å²) < 4.78 is 72.3. The molecule has 0 radical (unpaired) electrons. The molecule has 1 heterocycles. The third kappa shape index (κ3) is 7.49. The number of ether oxygens (including phenoxy) is 1. The van der Waals surface area contributed by atoms with E-state index in [1.807, 2.05) is 6.92 Å². The average molecular weight is 635 g/mol. The van der Waals surface area contributed by atoms with Crippen LogP contribution in [0.15, 0.2) is 77.7 Å². The molecule has 0 fully saturated rings. The highest BCUT2D eigenvalue weighted by molar-refractivity contribution is 7.89. The monoisotopic (exact) mass is 634 g/mol. The second-order valence-corrected chi connectivity index (χ2v) is 12.6. The summed E-state index contributed by atoms with van der Waals surface area (Å²) in [6.07, 6.45) is -5.21. The first-order valence-corrected chi connectivity index (χ1v) is 15.1. The normalized spacial score (nSPS) is 18.1. The molecule has 1 aliphatic heterocycles. The molecule has 3 aromatic carbocycles. The number of nitrogens with zero attached hydrogens (tertiary/aromatic N) is 2. The van der Waals surface area contributed by atoms with E-state index in [2.05, 4.69) is 10.6 Å². The summed E-state index contributed by atoms with van der Waals surface area (Å²) in [5.74, 6) is -0.661. The van der Waals surface area contributed by atoms with Crippen LogP contribution < -0.4 is 15.4 Å². The van der Waals surface area contributed by atoms with Gasteiger partial charge in [0.2, 0.25) is 10.0 Å². The molecule has 0 spiro atoms. The van der Waals surface area contributed by atoms with Crippen molar-refractivity contribution in [1.29, 1.82) is 0 Å². The molecule has 3 aromatic rings. The van der Waals surface area contributed by atoms with Crippen LogP contribution >= 0.6 is 0 Å². The van der Waals surface area contributed by atoms with E-state index in [1.54, 1.807) is 25.1 Å². The minimum Gasteiger partial charge on any atom is -0.488 e. The van der Waals surface area contributed by atoms with Crippen LogP contribution in [-0.4, -0.2) is 73.6 Å². The minimum absolute atomic E-state index is 0.0388. The number of carbonyl (C=O) groups excluding carboxylic acids is 2. The molecule has 0 saturated carbocycles. The highest BCUT2D eigenvalue weighted by Crippen LogP contribution is 2.32. The zero-order valence-corrected chi connectivity index (χ0v) is 25.0. The number of sulfonamides is 1. The summed E-state index contributed by atoms with van der Waals surface area (Å²) in [7, 11) is -2.39. The van der Waals surface area contributed by atoms with Crippen molar-refractivity contribution in [2.45, 2.75) is 37.1 Å². The number of anilines is 2. The van der Waals surface area contributed by atoms with Gasteiger partial charge in [0.25, 0.3) is 5.91 Å². The van der Waals surface area contributed by atoms with Gasteiger partial charge in [0, 0.05) is 30.9 Å². The average Bonchev–Trinajstić information content (AvgIpc) is 2.99. The van der Waals surface area contributed by atoms with Gasteiger partial charge in [-0.3, -0.25) is 4.79 Å². The molecule has 0 saturated heterocycles. The fourth-order valence-corrected chi connectivity index (χ4v) is 5.88. The smallest absolute Gasteiger partial charge is 0.416 e. The molecule has 10 nitrogen and oxygen atoms in total. The Hall–Kier alpha value is -4.14. The lowest BCUT2D eigenvalue weighted by Gasteiger charge is -2.38. The van der Waals surface area contributed by atoms with Gasteiger partial charge in [-0.1, -0.05) is 25.1 Å². The Bertz CT molecular complexity index is 1590. The fraction of sp³-hybridized carbons (Fsp3) is 0.333. The Morgan fingerprint density at radius 2 is 1.68 bits per heavy atom. The summed E-state index contributed by atoms with van der Waals surface area (Å²) in [6.45, 7) is 3.28. The standard InChI is InChI=1S/C30H33F3N4O6S/c1-19-16-37(20(2)18-38)28(39)25-15-23(35-29(40)34-22-11-9-21(10-12-22)30(31,32)33)13-14-26(25)43-27(19)17-36(3)44(41,42)24-7-5-4-6-8-24/h4-15,19-20,27,38H,16-18H2,1-3H3,(H2,34,35,40)/t19-,20+,27+/m1/s1. The summed E-state index contributed by atoms with van der Waals surface area (Å²) in [4.78, 5) is 27.9. The molecule has 3 atom stereocenters. The number of rotatable bonds is 8. The number of urea groups is 1. The predicted octanol–water partition coefficient (Wildman–Crippen LogP) is 4.89. The Kier molecular flexibility index (Phi) is 9.86. The van der Waals surface area contributed by atoms with Crippen LogP contribution in [0.3, 0.4) is 0 Å². The molecule has 14 heteroatoms. The van der Waals surface area contributed by atoms with Crippen molar-refractivity contribution >= 4 is 33.3 Å². The van der Waals surface area contributed by atoms with Crippen LogP contribution in [0.1, 0.15) is 29.8 Å².